The van der Waals surface area contributed by atoms with E-state index >= 15 is 0 Å². The first-order valence-corrected chi connectivity index (χ1v) is 6.86. The zero-order valence-corrected chi connectivity index (χ0v) is 10.8. The minimum Gasteiger partial charge on any atom is -0.481 e. The molecule has 10 heteroatoms. The quantitative estimate of drug-likeness (QED) is 0.771. The smallest absolute Gasteiger partial charge is 0.417 e. The molecule has 0 amide bonds. The Hall–Kier alpha value is -1.68. The number of aliphatic carboxylic acids is 1. The van der Waals surface area contributed by atoms with Gasteiger partial charge in [0.2, 0.25) is 0 Å². The number of hydrogen-bond donors (Lipinski definition) is 2. The van der Waals surface area contributed by atoms with Crippen LogP contribution in [-0.2, 0) is 21.0 Å². The van der Waals surface area contributed by atoms with Gasteiger partial charge in [-0.3, -0.25) is 4.79 Å². The van der Waals surface area contributed by atoms with E-state index in [1.807, 2.05) is 0 Å². The summed E-state index contributed by atoms with van der Waals surface area (Å²) in [5.41, 5.74) is -1.05. The molecule has 1 heterocycles. The van der Waals surface area contributed by atoms with E-state index in [1.54, 1.807) is 0 Å². The highest BCUT2D eigenvalue weighted by Crippen LogP contribution is 2.28. The lowest BCUT2D eigenvalue weighted by molar-refractivity contribution is -0.138. The number of carboxylic acids is 1. The number of halogens is 3. The monoisotopic (exact) mass is 312 g/mol. The minimum atomic E-state index is -4.59. The third-order valence-corrected chi connectivity index (χ3v) is 3.57. The van der Waals surface area contributed by atoms with Crippen LogP contribution in [0.5, 0.6) is 0 Å². The molecule has 0 saturated heterocycles. The van der Waals surface area contributed by atoms with Gasteiger partial charge in [0.15, 0.2) is 5.03 Å². The molecule has 20 heavy (non-hydrogen) atoms. The minimum absolute atomic E-state index is 0.0647. The number of nitrogens with one attached hydrogen (secondary N) is 1. The van der Waals surface area contributed by atoms with Gasteiger partial charge in [0, 0.05) is 19.2 Å². The molecule has 0 aliphatic rings. The highest BCUT2D eigenvalue weighted by Gasteiger charge is 2.31. The van der Waals surface area contributed by atoms with Crippen molar-refractivity contribution < 1.29 is 31.5 Å². The molecule has 0 aromatic carbocycles. The van der Waals surface area contributed by atoms with Gasteiger partial charge in [-0.2, -0.15) is 13.2 Å². The van der Waals surface area contributed by atoms with Gasteiger partial charge in [-0.1, -0.05) is 0 Å². The molecular formula is C10H11F3N2O4S. The molecule has 0 spiro atoms. The van der Waals surface area contributed by atoms with Crippen LogP contribution in [0.4, 0.5) is 13.2 Å². The number of alkyl halides is 3. The Labute approximate surface area is 112 Å². The highest BCUT2D eigenvalue weighted by atomic mass is 32.2. The van der Waals surface area contributed by atoms with E-state index in [0.717, 1.165) is 6.07 Å². The summed E-state index contributed by atoms with van der Waals surface area (Å²) in [5, 5.41) is 7.82. The maximum absolute atomic E-state index is 12.3. The predicted octanol–water partition coefficient (Wildman–Crippen LogP) is 1.24. The van der Waals surface area contributed by atoms with Gasteiger partial charge in [0.05, 0.1) is 5.56 Å². The van der Waals surface area contributed by atoms with Crippen LogP contribution in [-0.4, -0.2) is 31.0 Å². The lowest BCUT2D eigenvalue weighted by atomic mass is 10.3. The Morgan fingerprint density at radius 1 is 1.35 bits per heavy atom. The number of hydrogen-bond acceptors (Lipinski definition) is 4. The highest BCUT2D eigenvalue weighted by molar-refractivity contribution is 7.89. The van der Waals surface area contributed by atoms with E-state index in [9.17, 15) is 26.4 Å². The van der Waals surface area contributed by atoms with Crippen LogP contribution < -0.4 is 4.72 Å². The number of carbonyl (C=O) groups is 1. The van der Waals surface area contributed by atoms with Gasteiger partial charge >= 0.3 is 12.1 Å². The number of sulfonamides is 1. The largest absolute Gasteiger partial charge is 0.481 e. The molecule has 0 saturated carbocycles. The zero-order chi connectivity index (χ0) is 15.4. The summed E-state index contributed by atoms with van der Waals surface area (Å²) in [6.45, 7) is -0.142. The standard InChI is InChI=1S/C10H11F3N2O4S/c11-10(12,13)7-3-4-8(14-6-7)20(18,19)15-5-1-2-9(16)17/h3-4,6,15H,1-2,5H2,(H,16,17). The van der Waals surface area contributed by atoms with E-state index in [1.165, 1.54) is 0 Å². The number of rotatable bonds is 6. The molecule has 0 radical (unpaired) electrons. The molecule has 112 valence electrons. The second-order valence-electron chi connectivity index (χ2n) is 3.78. The molecular weight excluding hydrogens is 301 g/mol. The number of carboxylic acid groups (broad SMARTS) is 1. The first-order valence-electron chi connectivity index (χ1n) is 5.37. The molecule has 0 fully saturated rings. The Kier molecular flexibility index (Phi) is 5.06. The molecule has 1 rings (SSSR count). The second-order valence-corrected chi connectivity index (χ2v) is 5.49. The van der Waals surface area contributed by atoms with Crippen molar-refractivity contribution in [1.29, 1.82) is 0 Å². The van der Waals surface area contributed by atoms with Crippen LogP contribution in [0.15, 0.2) is 23.4 Å². The average molecular weight is 312 g/mol. The molecule has 1 aromatic heterocycles. The van der Waals surface area contributed by atoms with Crippen LogP contribution in [0.1, 0.15) is 18.4 Å². The molecule has 0 unspecified atom stereocenters. The van der Waals surface area contributed by atoms with Crippen molar-refractivity contribution >= 4 is 16.0 Å². The van der Waals surface area contributed by atoms with E-state index in [-0.39, 0.29) is 19.4 Å². The molecule has 2 N–H and O–H groups in total. The van der Waals surface area contributed by atoms with Gasteiger partial charge in [-0.15, -0.1) is 0 Å². The van der Waals surface area contributed by atoms with Crippen molar-refractivity contribution in [2.75, 3.05) is 6.54 Å². The summed E-state index contributed by atoms with van der Waals surface area (Å²) in [7, 11) is -4.04. The molecule has 0 aliphatic heterocycles. The fraction of sp³-hybridized carbons (Fsp3) is 0.400. The van der Waals surface area contributed by atoms with Gasteiger partial charge < -0.3 is 5.11 Å². The maximum atomic E-state index is 12.3. The number of aromatic nitrogens is 1. The molecule has 6 nitrogen and oxygen atoms in total. The summed E-state index contributed by atoms with van der Waals surface area (Å²) < 4.78 is 62.2. The van der Waals surface area contributed by atoms with Gasteiger partial charge in [-0.05, 0) is 18.6 Å². The fourth-order valence-electron chi connectivity index (χ4n) is 1.23. The van der Waals surface area contributed by atoms with Crippen LogP contribution in [0.2, 0.25) is 0 Å². The van der Waals surface area contributed by atoms with Crippen LogP contribution in [0, 0.1) is 0 Å². The van der Waals surface area contributed by atoms with Gasteiger partial charge in [0.1, 0.15) is 0 Å². The number of nitrogens with zero attached hydrogens (tertiary/aromatic N) is 1. The Balaban J connectivity index is 2.71. The van der Waals surface area contributed by atoms with Crippen molar-refractivity contribution in [3.8, 4) is 0 Å². The Morgan fingerprint density at radius 2 is 2.00 bits per heavy atom. The first kappa shape index (κ1) is 16.4. The fourth-order valence-corrected chi connectivity index (χ4v) is 2.23. The lowest BCUT2D eigenvalue weighted by Gasteiger charge is -2.08. The zero-order valence-electron chi connectivity index (χ0n) is 10.0. The van der Waals surface area contributed by atoms with E-state index in [0.29, 0.717) is 12.3 Å². The van der Waals surface area contributed by atoms with Gasteiger partial charge in [0.25, 0.3) is 10.0 Å². The topological polar surface area (TPSA) is 96.4 Å². The van der Waals surface area contributed by atoms with E-state index < -0.39 is 32.8 Å². The van der Waals surface area contributed by atoms with Gasteiger partial charge in [-0.25, -0.2) is 18.1 Å². The normalized spacial score (nSPS) is 12.3. The van der Waals surface area contributed by atoms with Crippen LogP contribution in [0.25, 0.3) is 0 Å². The van der Waals surface area contributed by atoms with Crippen LogP contribution >= 0.6 is 0 Å². The molecule has 0 bridgehead atoms. The Morgan fingerprint density at radius 3 is 2.45 bits per heavy atom. The predicted molar refractivity (Wildman–Crippen MR) is 61.3 cm³/mol. The van der Waals surface area contributed by atoms with Crippen molar-refractivity contribution in [1.82, 2.24) is 9.71 Å². The lowest BCUT2D eigenvalue weighted by Crippen LogP contribution is -2.26. The number of pyridine rings is 1. The summed E-state index contributed by atoms with van der Waals surface area (Å²) in [6, 6.07) is 1.35. The first-order chi connectivity index (χ1) is 9.13. The third-order valence-electron chi connectivity index (χ3n) is 2.20. The van der Waals surface area contributed by atoms with Crippen molar-refractivity contribution in [2.24, 2.45) is 0 Å². The molecule has 0 aliphatic carbocycles. The van der Waals surface area contributed by atoms with Crippen LogP contribution in [0.3, 0.4) is 0 Å². The summed E-state index contributed by atoms with van der Waals surface area (Å²) >= 11 is 0. The van der Waals surface area contributed by atoms with Crippen molar-refractivity contribution in [3.05, 3.63) is 23.9 Å². The Bertz CT molecular complexity index is 569. The summed E-state index contributed by atoms with van der Waals surface area (Å²) in [4.78, 5) is 13.5. The average Bonchev–Trinajstić information content (AvgIpc) is 2.34. The van der Waals surface area contributed by atoms with E-state index in [4.69, 9.17) is 5.11 Å². The van der Waals surface area contributed by atoms with E-state index in [2.05, 4.69) is 9.71 Å². The maximum Gasteiger partial charge on any atom is 0.417 e. The molecule has 1 aromatic rings. The summed E-state index contributed by atoms with van der Waals surface area (Å²) in [5.74, 6) is -1.07. The summed E-state index contributed by atoms with van der Waals surface area (Å²) in [6.07, 6.45) is -4.33. The van der Waals surface area contributed by atoms with Crippen molar-refractivity contribution in [3.63, 3.8) is 0 Å². The SMILES string of the molecule is O=C(O)CCCNS(=O)(=O)c1ccc(C(F)(F)F)cn1. The van der Waals surface area contributed by atoms with Crippen molar-refractivity contribution in [2.45, 2.75) is 24.0 Å². The third kappa shape index (κ3) is 4.78. The molecule has 0 atom stereocenters. The second kappa shape index (κ2) is 6.18.